The fraction of sp³-hybridized carbons (Fsp3) is 0.241. The van der Waals surface area contributed by atoms with E-state index < -0.39 is 27.6 Å². The van der Waals surface area contributed by atoms with Crippen molar-refractivity contribution >= 4 is 55.4 Å². The lowest BCUT2D eigenvalue weighted by atomic mass is 10.1. The zero-order valence-corrected chi connectivity index (χ0v) is 23.9. The van der Waals surface area contributed by atoms with Gasteiger partial charge in [0, 0.05) is 50.1 Å². The van der Waals surface area contributed by atoms with E-state index in [1.807, 2.05) is 43.3 Å². The van der Waals surface area contributed by atoms with Crippen LogP contribution < -0.4 is 25.8 Å². The fourth-order valence-electron chi connectivity index (χ4n) is 4.78. The molecule has 2 heterocycles. The second-order valence-electron chi connectivity index (χ2n) is 9.97. The van der Waals surface area contributed by atoms with Crippen LogP contribution in [-0.2, 0) is 21.2 Å². The Labute approximate surface area is 242 Å². The van der Waals surface area contributed by atoms with Crippen LogP contribution in [0.2, 0.25) is 0 Å². The topological polar surface area (TPSA) is 169 Å². The molecule has 1 atom stereocenters. The first-order chi connectivity index (χ1) is 20.1. The minimum Gasteiger partial charge on any atom is -0.480 e. The van der Waals surface area contributed by atoms with Crippen molar-refractivity contribution in [1.29, 1.82) is 0 Å². The quantitative estimate of drug-likeness (QED) is 0.185. The van der Waals surface area contributed by atoms with Gasteiger partial charge in [0.15, 0.2) is 5.96 Å². The Balaban J connectivity index is 1.36. The largest absolute Gasteiger partial charge is 0.480 e. The van der Waals surface area contributed by atoms with Crippen molar-refractivity contribution in [2.24, 2.45) is 4.99 Å². The maximum Gasteiger partial charge on any atom is 0.322 e. The number of carbonyl (C=O) groups is 1. The average Bonchev–Trinajstić information content (AvgIpc) is 3.48. The standard InChI is InChI=1S/C29H31N7O5S/c1-36(2)24-9-3-8-20-19(24)7-4-10-25(20)42(40,41)35-23(28(38)39)17-26-33-22-12-11-18(16-21(22)27(37)34-26)6-5-13-30-29-31-14-15-32-29/h3-12,16,23,35H,13-15,17H2,1-2H3,(H,38,39)(H2,30,31,32)(H,33,34,37)/b6-5+/t23-/m0/s1. The molecule has 4 aromatic rings. The highest BCUT2D eigenvalue weighted by Crippen LogP contribution is 2.30. The SMILES string of the molecule is CN(C)c1cccc2c(S(=O)(=O)N[C@@H](Cc3nc4ccc(/C=C/CNC5=NCCN5)cc4c(=O)[nH]3)C(=O)O)cccc12. The predicted octanol–water partition coefficient (Wildman–Crippen LogP) is 1.68. The number of guanidine groups is 1. The summed E-state index contributed by atoms with van der Waals surface area (Å²) in [6.07, 6.45) is 3.40. The third-order valence-corrected chi connectivity index (χ3v) is 8.30. The Hall–Kier alpha value is -4.75. The van der Waals surface area contributed by atoms with Gasteiger partial charge < -0.3 is 25.6 Å². The molecule has 1 aliphatic heterocycles. The summed E-state index contributed by atoms with van der Waals surface area (Å²) in [5.41, 5.74) is 1.52. The molecule has 42 heavy (non-hydrogen) atoms. The van der Waals surface area contributed by atoms with Gasteiger partial charge in [0.2, 0.25) is 10.0 Å². The molecule has 0 bridgehead atoms. The van der Waals surface area contributed by atoms with E-state index in [2.05, 4.69) is 30.3 Å². The van der Waals surface area contributed by atoms with Crippen LogP contribution in [0.15, 0.2) is 75.4 Å². The maximum absolute atomic E-state index is 13.4. The van der Waals surface area contributed by atoms with Gasteiger partial charge in [-0.25, -0.2) is 13.4 Å². The number of aromatic nitrogens is 2. The van der Waals surface area contributed by atoms with Crippen molar-refractivity contribution in [2.45, 2.75) is 17.4 Å². The zero-order chi connectivity index (χ0) is 29.9. The van der Waals surface area contributed by atoms with Crippen molar-refractivity contribution in [2.75, 3.05) is 38.6 Å². The molecule has 0 radical (unpaired) electrons. The third-order valence-electron chi connectivity index (χ3n) is 6.77. The zero-order valence-electron chi connectivity index (χ0n) is 23.1. The first kappa shape index (κ1) is 28.8. The number of aliphatic carboxylic acids is 1. The van der Waals surface area contributed by atoms with Crippen LogP contribution in [0, 0.1) is 0 Å². The molecule has 218 valence electrons. The number of H-pyrrole nitrogens is 1. The number of fused-ring (bicyclic) bond motifs is 2. The molecule has 0 saturated carbocycles. The van der Waals surface area contributed by atoms with Crippen molar-refractivity contribution < 1.29 is 18.3 Å². The van der Waals surface area contributed by atoms with Crippen LogP contribution in [0.4, 0.5) is 5.69 Å². The molecule has 0 saturated heterocycles. The van der Waals surface area contributed by atoms with E-state index in [1.54, 1.807) is 36.4 Å². The molecule has 0 aliphatic carbocycles. The number of aromatic amines is 1. The molecule has 13 heteroatoms. The van der Waals surface area contributed by atoms with Gasteiger partial charge in [0.25, 0.3) is 5.56 Å². The third kappa shape index (κ3) is 6.26. The van der Waals surface area contributed by atoms with Crippen molar-refractivity contribution in [3.8, 4) is 0 Å². The number of nitrogens with zero attached hydrogens (tertiary/aromatic N) is 3. The van der Waals surface area contributed by atoms with E-state index in [9.17, 15) is 23.1 Å². The molecule has 5 N–H and O–H groups in total. The molecule has 12 nitrogen and oxygen atoms in total. The van der Waals surface area contributed by atoms with Crippen LogP contribution in [0.3, 0.4) is 0 Å². The van der Waals surface area contributed by atoms with Gasteiger partial charge in [-0.1, -0.05) is 42.5 Å². The van der Waals surface area contributed by atoms with E-state index in [1.165, 1.54) is 6.07 Å². The van der Waals surface area contributed by atoms with Crippen molar-refractivity contribution in [3.05, 3.63) is 82.4 Å². The fourth-order valence-corrected chi connectivity index (χ4v) is 6.20. The number of hydrogen-bond donors (Lipinski definition) is 5. The Bertz CT molecular complexity index is 1880. The van der Waals surface area contributed by atoms with Gasteiger partial charge >= 0.3 is 5.97 Å². The van der Waals surface area contributed by atoms with Crippen LogP contribution in [0.1, 0.15) is 11.4 Å². The van der Waals surface area contributed by atoms with Gasteiger partial charge in [-0.2, -0.15) is 4.72 Å². The molecule has 0 fully saturated rings. The Morgan fingerprint density at radius 1 is 1.12 bits per heavy atom. The summed E-state index contributed by atoms with van der Waals surface area (Å²) in [5, 5.41) is 17.7. The Morgan fingerprint density at radius 2 is 1.90 bits per heavy atom. The van der Waals surface area contributed by atoms with E-state index in [4.69, 9.17) is 0 Å². The Morgan fingerprint density at radius 3 is 2.64 bits per heavy atom. The average molecular weight is 590 g/mol. The monoisotopic (exact) mass is 589 g/mol. The number of anilines is 1. The van der Waals surface area contributed by atoms with E-state index in [-0.39, 0.29) is 17.1 Å². The highest BCUT2D eigenvalue weighted by molar-refractivity contribution is 7.89. The minimum atomic E-state index is -4.26. The van der Waals surface area contributed by atoms with Gasteiger partial charge in [-0.05, 0) is 29.8 Å². The molecule has 0 unspecified atom stereocenters. The highest BCUT2D eigenvalue weighted by Gasteiger charge is 2.28. The van der Waals surface area contributed by atoms with Crippen LogP contribution in [0.25, 0.3) is 27.8 Å². The van der Waals surface area contributed by atoms with Crippen LogP contribution in [0.5, 0.6) is 0 Å². The number of sulfonamides is 1. The summed E-state index contributed by atoms with van der Waals surface area (Å²) >= 11 is 0. The summed E-state index contributed by atoms with van der Waals surface area (Å²) in [7, 11) is -0.554. The number of aliphatic imine (C=N–C) groups is 1. The number of carboxylic acids is 1. The van der Waals surface area contributed by atoms with Gasteiger partial charge in [-0.15, -0.1) is 0 Å². The number of hydrogen-bond acceptors (Lipinski definition) is 9. The number of carboxylic acid groups (broad SMARTS) is 1. The molecule has 3 aromatic carbocycles. The van der Waals surface area contributed by atoms with E-state index >= 15 is 0 Å². The molecule has 0 amide bonds. The van der Waals surface area contributed by atoms with Crippen molar-refractivity contribution in [1.82, 2.24) is 25.3 Å². The predicted molar refractivity (Wildman–Crippen MR) is 163 cm³/mol. The summed E-state index contributed by atoms with van der Waals surface area (Å²) in [4.78, 5) is 38.2. The lowest BCUT2D eigenvalue weighted by Crippen LogP contribution is -2.42. The number of benzene rings is 3. The van der Waals surface area contributed by atoms with Crippen LogP contribution in [-0.4, -0.2) is 75.2 Å². The van der Waals surface area contributed by atoms with Gasteiger partial charge in [0.1, 0.15) is 11.9 Å². The number of nitrogens with one attached hydrogen (secondary N) is 4. The van der Waals surface area contributed by atoms with Crippen LogP contribution >= 0.6 is 0 Å². The molecule has 0 spiro atoms. The first-order valence-electron chi connectivity index (χ1n) is 13.3. The van der Waals surface area contributed by atoms with E-state index in [0.29, 0.717) is 28.2 Å². The summed E-state index contributed by atoms with van der Waals surface area (Å²) in [6.45, 7) is 2.12. The van der Waals surface area contributed by atoms with Gasteiger partial charge in [-0.3, -0.25) is 14.6 Å². The lowest BCUT2D eigenvalue weighted by molar-refractivity contribution is -0.139. The summed E-state index contributed by atoms with van der Waals surface area (Å²) < 4.78 is 29.2. The van der Waals surface area contributed by atoms with E-state index in [0.717, 1.165) is 30.3 Å². The van der Waals surface area contributed by atoms with Crippen molar-refractivity contribution in [3.63, 3.8) is 0 Å². The molecule has 5 rings (SSSR count). The second-order valence-corrected chi connectivity index (χ2v) is 11.7. The first-order valence-corrected chi connectivity index (χ1v) is 14.8. The molecule has 1 aliphatic rings. The number of rotatable bonds is 10. The normalized spacial score (nSPS) is 14.2. The highest BCUT2D eigenvalue weighted by atomic mass is 32.2. The Kier molecular flexibility index (Phi) is 8.22. The molecular weight excluding hydrogens is 558 g/mol. The lowest BCUT2D eigenvalue weighted by Gasteiger charge is -2.18. The smallest absolute Gasteiger partial charge is 0.322 e. The second kappa shape index (κ2) is 12.0. The maximum atomic E-state index is 13.4. The molecular formula is C29H31N7O5S. The summed E-state index contributed by atoms with van der Waals surface area (Å²) in [6, 6.07) is 13.7. The molecule has 1 aromatic heterocycles. The summed E-state index contributed by atoms with van der Waals surface area (Å²) in [5.74, 6) is -0.597. The van der Waals surface area contributed by atoms with Gasteiger partial charge in [0.05, 0.1) is 22.3 Å². The minimum absolute atomic E-state index is 0.0433.